The predicted octanol–water partition coefficient (Wildman–Crippen LogP) is 4.41. The Morgan fingerprint density at radius 3 is 2.52 bits per heavy atom. The van der Waals surface area contributed by atoms with E-state index in [0.717, 1.165) is 11.1 Å². The smallest absolute Gasteiger partial charge is 0.216 e. The Hall–Kier alpha value is -3.22. The fourth-order valence-electron chi connectivity index (χ4n) is 3.57. The van der Waals surface area contributed by atoms with E-state index < -0.39 is 0 Å². The highest BCUT2D eigenvalue weighted by molar-refractivity contribution is 5.99. The van der Waals surface area contributed by atoms with E-state index in [1.807, 2.05) is 12.0 Å². The maximum Gasteiger partial charge on any atom is 0.216 e. The van der Waals surface area contributed by atoms with Crippen LogP contribution >= 0.6 is 0 Å². The van der Waals surface area contributed by atoms with Gasteiger partial charge in [0.2, 0.25) is 11.0 Å². The van der Waals surface area contributed by atoms with E-state index in [0.29, 0.717) is 6.42 Å². The van der Waals surface area contributed by atoms with Crippen LogP contribution in [-0.2, 0) is 18.3 Å². The normalized spacial score (nSPS) is 10.8. The van der Waals surface area contributed by atoms with Crippen molar-refractivity contribution in [2.24, 2.45) is 7.05 Å². The largest absolute Gasteiger partial charge is 0.234 e. The summed E-state index contributed by atoms with van der Waals surface area (Å²) in [6.45, 7) is 0. The molecule has 0 amide bonds. The quantitative estimate of drug-likeness (QED) is 0.310. The predicted molar refractivity (Wildman–Crippen MR) is 102 cm³/mol. The zero-order chi connectivity index (χ0) is 17.2. The Morgan fingerprint density at radius 1 is 0.960 bits per heavy atom. The van der Waals surface area contributed by atoms with Crippen LogP contribution in [-0.4, -0.2) is 5.94 Å². The highest BCUT2D eigenvalue weighted by Crippen LogP contribution is 2.31. The number of aryl methyl sites for hydroxylation is 1. The lowest BCUT2D eigenvalue weighted by Gasteiger charge is -2.10. The van der Waals surface area contributed by atoms with Crippen molar-refractivity contribution in [3.63, 3.8) is 0 Å². The summed E-state index contributed by atoms with van der Waals surface area (Å²) in [6.07, 6.45) is 2.13. The van der Waals surface area contributed by atoms with E-state index in [4.69, 9.17) is 0 Å². The first-order valence-electron chi connectivity index (χ1n) is 8.38. The van der Waals surface area contributed by atoms with E-state index in [-0.39, 0.29) is 0 Å². The summed E-state index contributed by atoms with van der Waals surface area (Å²) in [7, 11) is 2.09. The van der Waals surface area contributed by atoms with Gasteiger partial charge in [-0.05, 0) is 23.3 Å². The second-order valence-corrected chi connectivity index (χ2v) is 6.19. The van der Waals surface area contributed by atoms with Gasteiger partial charge >= 0.3 is 0 Å². The Kier molecular flexibility index (Phi) is 3.89. The van der Waals surface area contributed by atoms with Gasteiger partial charge in [-0.2, -0.15) is 4.57 Å². The van der Waals surface area contributed by atoms with Crippen LogP contribution in [0.4, 0.5) is 0 Å². The summed E-state index contributed by atoms with van der Waals surface area (Å²) in [6, 6.07) is 25.3. The SMILES string of the molecule is C[n+]1c2ccccc2cc2c(-c3ccccc3)ccc(CC=C=O)c21. The molecule has 0 N–H and O–H groups in total. The van der Waals surface area contributed by atoms with Crippen molar-refractivity contribution in [1.29, 1.82) is 0 Å². The first-order chi connectivity index (χ1) is 12.3. The molecule has 4 rings (SSSR count). The van der Waals surface area contributed by atoms with Crippen LogP contribution in [0, 0.1) is 0 Å². The summed E-state index contributed by atoms with van der Waals surface area (Å²) < 4.78 is 2.23. The van der Waals surface area contributed by atoms with Crippen molar-refractivity contribution in [1.82, 2.24) is 0 Å². The summed E-state index contributed by atoms with van der Waals surface area (Å²) in [5.74, 6) is 1.90. The van der Waals surface area contributed by atoms with Crippen LogP contribution in [0.5, 0.6) is 0 Å². The fourth-order valence-corrected chi connectivity index (χ4v) is 3.57. The van der Waals surface area contributed by atoms with Crippen LogP contribution < -0.4 is 4.57 Å². The zero-order valence-electron chi connectivity index (χ0n) is 14.1. The third kappa shape index (κ3) is 2.63. The van der Waals surface area contributed by atoms with Gasteiger partial charge in [-0.1, -0.05) is 54.6 Å². The maximum atomic E-state index is 10.7. The third-order valence-electron chi connectivity index (χ3n) is 4.72. The molecule has 0 bridgehead atoms. The molecule has 4 aromatic rings. The summed E-state index contributed by atoms with van der Waals surface area (Å²) in [5.41, 5.74) is 5.87. The molecule has 2 heteroatoms. The number of benzene rings is 3. The highest BCUT2D eigenvalue weighted by Gasteiger charge is 2.18. The molecule has 1 aromatic heterocycles. The molecule has 0 radical (unpaired) electrons. The molecule has 3 aromatic carbocycles. The van der Waals surface area contributed by atoms with E-state index in [9.17, 15) is 4.79 Å². The van der Waals surface area contributed by atoms with Crippen molar-refractivity contribution in [3.05, 3.63) is 84.4 Å². The van der Waals surface area contributed by atoms with Crippen LogP contribution in [0.15, 0.2) is 78.9 Å². The lowest BCUT2D eigenvalue weighted by Crippen LogP contribution is -2.31. The zero-order valence-corrected chi connectivity index (χ0v) is 14.1. The van der Waals surface area contributed by atoms with E-state index in [2.05, 4.69) is 78.3 Å². The number of carbonyl (C=O) groups excluding carboxylic acids is 1. The molecule has 0 spiro atoms. The molecule has 0 aliphatic rings. The van der Waals surface area contributed by atoms with E-state index in [1.54, 1.807) is 6.08 Å². The first kappa shape index (κ1) is 15.3. The lowest BCUT2D eigenvalue weighted by atomic mass is 9.95. The molecule has 25 heavy (non-hydrogen) atoms. The highest BCUT2D eigenvalue weighted by atomic mass is 16.1. The first-order valence-corrected chi connectivity index (χ1v) is 8.38. The van der Waals surface area contributed by atoms with Crippen molar-refractivity contribution in [3.8, 4) is 11.1 Å². The molecule has 0 atom stereocenters. The summed E-state index contributed by atoms with van der Waals surface area (Å²) >= 11 is 0. The molecule has 0 fully saturated rings. The average Bonchev–Trinajstić information content (AvgIpc) is 2.67. The Labute approximate surface area is 146 Å². The molecule has 120 valence electrons. The Bertz CT molecular complexity index is 1120. The van der Waals surface area contributed by atoms with Gasteiger partial charge < -0.3 is 0 Å². The van der Waals surface area contributed by atoms with Crippen LogP contribution in [0.3, 0.4) is 0 Å². The standard InChI is InChI=1S/C23H18NO/c1-24-22-12-6-5-10-19(22)16-21-20(17-8-3-2-4-9-17)14-13-18(23(21)24)11-7-15-25/h2-10,12-14,16H,11H2,1H3/q+1. The number of pyridine rings is 1. The number of rotatable bonds is 3. The van der Waals surface area contributed by atoms with Gasteiger partial charge in [-0.25, -0.2) is 4.79 Å². The Morgan fingerprint density at radius 2 is 1.72 bits per heavy atom. The topological polar surface area (TPSA) is 20.9 Å². The number of para-hydroxylation sites is 1. The second-order valence-electron chi connectivity index (χ2n) is 6.19. The molecule has 0 aliphatic heterocycles. The molecular weight excluding hydrogens is 306 g/mol. The Balaban J connectivity index is 2.14. The fraction of sp³-hybridized carbons (Fsp3) is 0.0870. The number of nitrogens with zero attached hydrogens (tertiary/aromatic N) is 1. The number of hydrogen-bond donors (Lipinski definition) is 0. The number of allylic oxidation sites excluding steroid dienone is 1. The number of fused-ring (bicyclic) bond motifs is 2. The van der Waals surface area contributed by atoms with Crippen LogP contribution in [0.25, 0.3) is 32.9 Å². The van der Waals surface area contributed by atoms with Crippen molar-refractivity contribution in [2.45, 2.75) is 6.42 Å². The van der Waals surface area contributed by atoms with Gasteiger partial charge in [-0.3, -0.25) is 0 Å². The van der Waals surface area contributed by atoms with Crippen LogP contribution in [0.2, 0.25) is 0 Å². The minimum Gasteiger partial charge on any atom is -0.234 e. The van der Waals surface area contributed by atoms with Crippen molar-refractivity contribution >= 4 is 27.7 Å². The molecule has 0 aliphatic carbocycles. The van der Waals surface area contributed by atoms with Crippen molar-refractivity contribution < 1.29 is 9.36 Å². The van der Waals surface area contributed by atoms with Gasteiger partial charge in [0.15, 0.2) is 0 Å². The molecule has 0 saturated carbocycles. The van der Waals surface area contributed by atoms with Gasteiger partial charge in [-0.15, -0.1) is 0 Å². The average molecular weight is 324 g/mol. The van der Waals surface area contributed by atoms with Crippen molar-refractivity contribution in [2.75, 3.05) is 0 Å². The third-order valence-corrected chi connectivity index (χ3v) is 4.72. The van der Waals surface area contributed by atoms with E-state index in [1.165, 1.54) is 27.4 Å². The minimum absolute atomic E-state index is 0.585. The lowest BCUT2D eigenvalue weighted by molar-refractivity contribution is -0.617. The summed E-state index contributed by atoms with van der Waals surface area (Å²) in [5, 5.41) is 2.40. The molecule has 0 unspecified atom stereocenters. The molecular formula is C23H18NO+. The minimum atomic E-state index is 0.585. The van der Waals surface area contributed by atoms with Gasteiger partial charge in [0.25, 0.3) is 0 Å². The molecule has 2 nitrogen and oxygen atoms in total. The van der Waals surface area contributed by atoms with Gasteiger partial charge in [0.05, 0.1) is 5.39 Å². The molecule has 1 heterocycles. The van der Waals surface area contributed by atoms with Crippen LogP contribution in [0.1, 0.15) is 5.56 Å². The molecule has 0 saturated heterocycles. The maximum absolute atomic E-state index is 10.7. The number of hydrogen-bond acceptors (Lipinski definition) is 1. The number of aromatic nitrogens is 1. The second kappa shape index (κ2) is 6.35. The van der Waals surface area contributed by atoms with Gasteiger partial charge in [0.1, 0.15) is 13.0 Å². The monoisotopic (exact) mass is 324 g/mol. The van der Waals surface area contributed by atoms with E-state index >= 15 is 0 Å². The van der Waals surface area contributed by atoms with Gasteiger partial charge in [0, 0.05) is 29.5 Å². The summed E-state index contributed by atoms with van der Waals surface area (Å²) in [4.78, 5) is 10.7.